The van der Waals surface area contributed by atoms with E-state index in [2.05, 4.69) is 25.6 Å². The van der Waals surface area contributed by atoms with Gasteiger partial charge in [-0.15, -0.1) is 0 Å². The lowest BCUT2D eigenvalue weighted by atomic mass is 10.2. The van der Waals surface area contributed by atoms with Crippen molar-refractivity contribution < 1.29 is 9.90 Å². The molecule has 7 nitrogen and oxygen atoms in total. The Morgan fingerprint density at radius 1 is 1.13 bits per heavy atom. The molecular weight excluding hydrogens is 294 g/mol. The van der Waals surface area contributed by atoms with E-state index < -0.39 is 12.0 Å². The van der Waals surface area contributed by atoms with E-state index in [0.717, 1.165) is 16.6 Å². The molecule has 0 saturated carbocycles. The lowest BCUT2D eigenvalue weighted by Gasteiger charge is -2.14. The lowest BCUT2D eigenvalue weighted by molar-refractivity contribution is -0.137. The van der Waals surface area contributed by atoms with Crippen molar-refractivity contribution in [3.63, 3.8) is 0 Å². The topological polar surface area (TPSA) is 100 Å². The van der Waals surface area contributed by atoms with Crippen LogP contribution in [0.4, 0.5) is 17.5 Å². The van der Waals surface area contributed by atoms with Gasteiger partial charge < -0.3 is 15.7 Å². The summed E-state index contributed by atoms with van der Waals surface area (Å²) in [6.45, 7) is 1.56. The molecule has 23 heavy (non-hydrogen) atoms. The number of fused-ring (bicyclic) bond motifs is 1. The summed E-state index contributed by atoms with van der Waals surface area (Å²) >= 11 is 0. The van der Waals surface area contributed by atoms with E-state index in [4.69, 9.17) is 5.11 Å². The maximum atomic E-state index is 11.1. The number of hydrogen-bond donors (Lipinski definition) is 3. The summed E-state index contributed by atoms with van der Waals surface area (Å²) in [7, 11) is 0. The molecule has 2 aromatic heterocycles. The first-order chi connectivity index (χ1) is 11.1. The standard InChI is InChI=1S/C16H15N5O2/c1-10(15(22)23)18-14-12-4-2-3-5-13(12)20-16(21-14)19-11-6-8-17-9-7-11/h2-10H,1H3,(H,22,23)(H2,17,18,19,20,21). The number of carboxylic acids is 1. The number of nitrogens with one attached hydrogen (secondary N) is 2. The Morgan fingerprint density at radius 2 is 1.87 bits per heavy atom. The van der Waals surface area contributed by atoms with E-state index in [1.54, 1.807) is 31.5 Å². The van der Waals surface area contributed by atoms with Crippen molar-refractivity contribution in [3.05, 3.63) is 48.8 Å². The van der Waals surface area contributed by atoms with Crippen molar-refractivity contribution in [1.29, 1.82) is 0 Å². The van der Waals surface area contributed by atoms with Gasteiger partial charge in [-0.05, 0) is 31.2 Å². The molecule has 7 heteroatoms. The maximum absolute atomic E-state index is 11.1. The number of aromatic nitrogens is 3. The van der Waals surface area contributed by atoms with E-state index in [1.165, 1.54) is 0 Å². The van der Waals surface area contributed by atoms with Crippen LogP contribution < -0.4 is 10.6 Å². The van der Waals surface area contributed by atoms with Gasteiger partial charge in [-0.3, -0.25) is 9.78 Å². The number of pyridine rings is 1. The number of aliphatic carboxylic acids is 1. The molecular formula is C16H15N5O2. The molecule has 3 rings (SSSR count). The molecule has 0 aliphatic carbocycles. The third kappa shape index (κ3) is 3.34. The first kappa shape index (κ1) is 14.7. The summed E-state index contributed by atoms with van der Waals surface area (Å²) in [5, 5.41) is 15.9. The van der Waals surface area contributed by atoms with Gasteiger partial charge in [0.25, 0.3) is 0 Å². The van der Waals surface area contributed by atoms with Crippen molar-refractivity contribution in [2.75, 3.05) is 10.6 Å². The number of para-hydroxylation sites is 1. The first-order valence-corrected chi connectivity index (χ1v) is 7.06. The smallest absolute Gasteiger partial charge is 0.325 e. The van der Waals surface area contributed by atoms with E-state index in [9.17, 15) is 4.79 Å². The minimum atomic E-state index is -0.948. The van der Waals surface area contributed by atoms with Gasteiger partial charge in [-0.25, -0.2) is 4.98 Å². The molecule has 0 amide bonds. The van der Waals surface area contributed by atoms with Crippen LogP contribution in [-0.4, -0.2) is 32.1 Å². The van der Waals surface area contributed by atoms with Crippen molar-refractivity contribution >= 4 is 34.3 Å². The number of rotatable bonds is 5. The van der Waals surface area contributed by atoms with Crippen LogP contribution in [0.25, 0.3) is 10.9 Å². The third-order valence-corrected chi connectivity index (χ3v) is 3.26. The van der Waals surface area contributed by atoms with Gasteiger partial charge in [0.05, 0.1) is 5.52 Å². The molecule has 3 aromatic rings. The molecule has 0 fully saturated rings. The molecule has 0 spiro atoms. The zero-order valence-electron chi connectivity index (χ0n) is 12.4. The minimum Gasteiger partial charge on any atom is -0.480 e. The number of carboxylic acid groups (broad SMARTS) is 1. The van der Waals surface area contributed by atoms with Crippen LogP contribution >= 0.6 is 0 Å². The van der Waals surface area contributed by atoms with Gasteiger partial charge in [0.15, 0.2) is 0 Å². The Balaban J connectivity index is 2.01. The van der Waals surface area contributed by atoms with Crippen molar-refractivity contribution in [3.8, 4) is 0 Å². The highest BCUT2D eigenvalue weighted by Gasteiger charge is 2.14. The fraction of sp³-hybridized carbons (Fsp3) is 0.125. The van der Waals surface area contributed by atoms with Crippen LogP contribution in [0.5, 0.6) is 0 Å². The molecule has 1 unspecified atom stereocenters. The molecule has 2 heterocycles. The predicted octanol–water partition coefficient (Wildman–Crippen LogP) is 2.65. The molecule has 1 aromatic carbocycles. The second-order valence-corrected chi connectivity index (χ2v) is 4.98. The summed E-state index contributed by atoms with van der Waals surface area (Å²) in [4.78, 5) is 23.9. The Bertz CT molecular complexity index is 838. The molecule has 116 valence electrons. The quantitative estimate of drug-likeness (QED) is 0.666. The monoisotopic (exact) mass is 309 g/mol. The van der Waals surface area contributed by atoms with Crippen molar-refractivity contribution in [2.24, 2.45) is 0 Å². The van der Waals surface area contributed by atoms with Gasteiger partial charge in [-0.2, -0.15) is 4.98 Å². The first-order valence-electron chi connectivity index (χ1n) is 7.06. The van der Waals surface area contributed by atoms with Crippen LogP contribution in [-0.2, 0) is 4.79 Å². The van der Waals surface area contributed by atoms with Gasteiger partial charge in [0, 0.05) is 23.5 Å². The van der Waals surface area contributed by atoms with Crippen molar-refractivity contribution in [1.82, 2.24) is 15.0 Å². The second kappa shape index (κ2) is 6.27. The van der Waals surface area contributed by atoms with Gasteiger partial charge >= 0.3 is 5.97 Å². The summed E-state index contributed by atoms with van der Waals surface area (Å²) in [6, 6.07) is 10.3. The normalized spacial score (nSPS) is 11.9. The van der Waals surface area contributed by atoms with Crippen LogP contribution in [0.15, 0.2) is 48.8 Å². The highest BCUT2D eigenvalue weighted by atomic mass is 16.4. The average Bonchev–Trinajstić information content (AvgIpc) is 2.55. The molecule has 3 N–H and O–H groups in total. The van der Waals surface area contributed by atoms with E-state index in [0.29, 0.717) is 11.8 Å². The zero-order valence-corrected chi connectivity index (χ0v) is 12.4. The van der Waals surface area contributed by atoms with Crippen molar-refractivity contribution in [2.45, 2.75) is 13.0 Å². The number of benzene rings is 1. The summed E-state index contributed by atoms with van der Waals surface area (Å²) in [5.41, 5.74) is 1.52. The Labute approximate surface area is 132 Å². The summed E-state index contributed by atoms with van der Waals surface area (Å²) < 4.78 is 0. The summed E-state index contributed by atoms with van der Waals surface area (Å²) in [6.07, 6.45) is 3.32. The molecule has 1 atom stereocenters. The fourth-order valence-electron chi connectivity index (χ4n) is 2.07. The summed E-state index contributed by atoms with van der Waals surface area (Å²) in [5.74, 6) is -0.0895. The Hall–Kier alpha value is -3.22. The highest BCUT2D eigenvalue weighted by molar-refractivity contribution is 5.91. The molecule has 0 aliphatic rings. The number of nitrogens with zero attached hydrogens (tertiary/aromatic N) is 3. The van der Waals surface area contributed by atoms with E-state index in [1.807, 2.05) is 24.3 Å². The number of carbonyl (C=O) groups is 1. The van der Waals surface area contributed by atoms with Gasteiger partial charge in [-0.1, -0.05) is 12.1 Å². The van der Waals surface area contributed by atoms with Crippen LogP contribution in [0.2, 0.25) is 0 Å². The third-order valence-electron chi connectivity index (χ3n) is 3.26. The largest absolute Gasteiger partial charge is 0.480 e. The molecule has 0 bridgehead atoms. The molecule has 0 aliphatic heterocycles. The van der Waals surface area contributed by atoms with E-state index in [-0.39, 0.29) is 0 Å². The number of anilines is 3. The fourth-order valence-corrected chi connectivity index (χ4v) is 2.07. The SMILES string of the molecule is CC(Nc1nc(Nc2ccncc2)nc2ccccc12)C(=O)O. The maximum Gasteiger partial charge on any atom is 0.325 e. The Kier molecular flexibility index (Phi) is 4.01. The van der Waals surface area contributed by atoms with Crippen LogP contribution in [0, 0.1) is 0 Å². The zero-order chi connectivity index (χ0) is 16.2. The highest BCUT2D eigenvalue weighted by Crippen LogP contribution is 2.23. The molecule has 0 saturated heterocycles. The lowest BCUT2D eigenvalue weighted by Crippen LogP contribution is -2.26. The van der Waals surface area contributed by atoms with E-state index >= 15 is 0 Å². The predicted molar refractivity (Wildman–Crippen MR) is 87.8 cm³/mol. The average molecular weight is 309 g/mol. The number of hydrogen-bond acceptors (Lipinski definition) is 6. The van der Waals surface area contributed by atoms with Crippen LogP contribution in [0.3, 0.4) is 0 Å². The second-order valence-electron chi connectivity index (χ2n) is 4.98. The van der Waals surface area contributed by atoms with Gasteiger partial charge in [0.2, 0.25) is 5.95 Å². The van der Waals surface area contributed by atoms with Gasteiger partial charge in [0.1, 0.15) is 11.9 Å². The molecule has 0 radical (unpaired) electrons. The minimum absolute atomic E-state index is 0.384. The Morgan fingerprint density at radius 3 is 2.61 bits per heavy atom. The van der Waals surface area contributed by atoms with Crippen LogP contribution in [0.1, 0.15) is 6.92 Å².